The Labute approximate surface area is 225 Å². The van der Waals surface area contributed by atoms with Crippen molar-refractivity contribution >= 4 is 73.0 Å². The number of hydrogen-bond acceptors (Lipinski definition) is 4. The molecule has 0 spiro atoms. The number of carbonyl (C=O) groups is 2. The molecule has 2 aliphatic heterocycles. The SMILES string of the molecule is CC1CCN(C(=O)Cn2cc(/C=C3\SC(=S)N(CCC4CCCC4)C3=O)c3cc(Br)ccc32)CC1. The Morgan fingerprint density at radius 3 is 2.69 bits per heavy atom. The first-order chi connectivity index (χ1) is 16.9. The number of aromatic nitrogens is 1. The highest BCUT2D eigenvalue weighted by molar-refractivity contribution is 9.10. The van der Waals surface area contributed by atoms with Crippen LogP contribution in [0.25, 0.3) is 17.0 Å². The Morgan fingerprint density at radius 2 is 1.94 bits per heavy atom. The molecule has 1 aromatic heterocycles. The van der Waals surface area contributed by atoms with E-state index in [2.05, 4.69) is 28.9 Å². The lowest BCUT2D eigenvalue weighted by molar-refractivity contribution is -0.133. The number of benzene rings is 1. The molecule has 0 atom stereocenters. The van der Waals surface area contributed by atoms with E-state index in [0.717, 1.165) is 59.2 Å². The van der Waals surface area contributed by atoms with Crippen LogP contribution in [0.1, 0.15) is 57.4 Å². The van der Waals surface area contributed by atoms with E-state index >= 15 is 0 Å². The topological polar surface area (TPSA) is 45.6 Å². The van der Waals surface area contributed by atoms with Gasteiger partial charge in [-0.1, -0.05) is 72.5 Å². The molecule has 3 heterocycles. The van der Waals surface area contributed by atoms with Crippen molar-refractivity contribution in [3.8, 4) is 0 Å². The number of piperidine rings is 1. The number of thioether (sulfide) groups is 1. The number of carbonyl (C=O) groups excluding carboxylic acids is 2. The van der Waals surface area contributed by atoms with Gasteiger partial charge in [0.15, 0.2) is 0 Å². The summed E-state index contributed by atoms with van der Waals surface area (Å²) >= 11 is 10.6. The first-order valence-corrected chi connectivity index (χ1v) is 14.7. The molecule has 0 radical (unpaired) electrons. The van der Waals surface area contributed by atoms with E-state index < -0.39 is 0 Å². The van der Waals surface area contributed by atoms with Gasteiger partial charge in [0, 0.05) is 46.8 Å². The fourth-order valence-electron chi connectivity index (χ4n) is 5.49. The minimum absolute atomic E-state index is 0.00686. The second-order valence-corrected chi connectivity index (χ2v) is 12.8. The van der Waals surface area contributed by atoms with E-state index in [1.165, 1.54) is 37.4 Å². The molecule has 1 aromatic carbocycles. The average molecular weight is 575 g/mol. The number of hydrogen-bond donors (Lipinski definition) is 0. The van der Waals surface area contributed by atoms with Crippen molar-refractivity contribution in [2.75, 3.05) is 19.6 Å². The molecule has 8 heteroatoms. The molecule has 186 valence electrons. The predicted octanol–water partition coefficient (Wildman–Crippen LogP) is 6.44. The van der Waals surface area contributed by atoms with Crippen molar-refractivity contribution < 1.29 is 9.59 Å². The number of likely N-dealkylation sites (tertiary alicyclic amines) is 1. The van der Waals surface area contributed by atoms with Crippen LogP contribution in [0, 0.1) is 11.8 Å². The van der Waals surface area contributed by atoms with Gasteiger partial charge in [0.05, 0.1) is 4.91 Å². The molecule has 35 heavy (non-hydrogen) atoms. The molecule has 0 N–H and O–H groups in total. The van der Waals surface area contributed by atoms with Crippen molar-refractivity contribution in [3.05, 3.63) is 39.3 Å². The zero-order valence-corrected chi connectivity index (χ0v) is 23.4. The summed E-state index contributed by atoms with van der Waals surface area (Å²) in [4.78, 5) is 30.7. The number of fused-ring (bicyclic) bond motifs is 1. The summed E-state index contributed by atoms with van der Waals surface area (Å²) in [5.74, 6) is 1.57. The minimum atomic E-state index is 0.00686. The quantitative estimate of drug-likeness (QED) is 0.294. The number of rotatable bonds is 6. The molecule has 0 unspecified atom stereocenters. The monoisotopic (exact) mass is 573 g/mol. The maximum Gasteiger partial charge on any atom is 0.266 e. The van der Waals surface area contributed by atoms with E-state index in [9.17, 15) is 9.59 Å². The summed E-state index contributed by atoms with van der Waals surface area (Å²) in [6, 6.07) is 6.10. The van der Waals surface area contributed by atoms with Gasteiger partial charge in [0.2, 0.25) is 5.91 Å². The first-order valence-electron chi connectivity index (χ1n) is 12.7. The van der Waals surface area contributed by atoms with E-state index in [1.807, 2.05) is 33.9 Å². The Bertz CT molecular complexity index is 1180. The van der Waals surface area contributed by atoms with Crippen molar-refractivity contribution in [1.29, 1.82) is 0 Å². The van der Waals surface area contributed by atoms with Crippen LogP contribution >= 0.6 is 39.9 Å². The van der Waals surface area contributed by atoms with Gasteiger partial charge >= 0.3 is 0 Å². The fraction of sp³-hybridized carbons (Fsp3) is 0.519. The van der Waals surface area contributed by atoms with Crippen LogP contribution in [-0.4, -0.2) is 50.1 Å². The Balaban J connectivity index is 1.37. The van der Waals surface area contributed by atoms with Gasteiger partial charge < -0.3 is 9.47 Å². The lowest BCUT2D eigenvalue weighted by atomic mass is 9.99. The van der Waals surface area contributed by atoms with E-state index in [0.29, 0.717) is 28.2 Å². The fourth-order valence-corrected chi connectivity index (χ4v) is 7.15. The summed E-state index contributed by atoms with van der Waals surface area (Å²) in [7, 11) is 0. The van der Waals surface area contributed by atoms with Gasteiger partial charge in [-0.3, -0.25) is 14.5 Å². The van der Waals surface area contributed by atoms with Gasteiger partial charge in [0.1, 0.15) is 10.9 Å². The van der Waals surface area contributed by atoms with E-state index in [4.69, 9.17) is 12.2 Å². The highest BCUT2D eigenvalue weighted by atomic mass is 79.9. The molecule has 2 saturated heterocycles. The van der Waals surface area contributed by atoms with Crippen molar-refractivity contribution in [2.45, 2.75) is 58.4 Å². The molecule has 3 aliphatic rings. The average Bonchev–Trinajstić information content (AvgIpc) is 3.53. The Kier molecular flexibility index (Phi) is 7.70. The highest BCUT2D eigenvalue weighted by Gasteiger charge is 2.33. The minimum Gasteiger partial charge on any atom is -0.341 e. The van der Waals surface area contributed by atoms with Gasteiger partial charge in [-0.15, -0.1) is 0 Å². The van der Waals surface area contributed by atoms with Gasteiger partial charge in [0.25, 0.3) is 5.91 Å². The molecule has 5 nitrogen and oxygen atoms in total. The molecular weight excluding hydrogens is 542 g/mol. The van der Waals surface area contributed by atoms with Crippen LogP contribution in [-0.2, 0) is 16.1 Å². The number of amides is 2. The Hall–Kier alpha value is -1.64. The number of nitrogens with zero attached hydrogens (tertiary/aromatic N) is 3. The third-order valence-electron chi connectivity index (χ3n) is 7.71. The summed E-state index contributed by atoms with van der Waals surface area (Å²) in [5.41, 5.74) is 1.94. The first kappa shape index (κ1) is 25.0. The number of thiocarbonyl (C=S) groups is 1. The van der Waals surface area contributed by atoms with E-state index in [1.54, 1.807) is 4.90 Å². The highest BCUT2D eigenvalue weighted by Crippen LogP contribution is 2.36. The van der Waals surface area contributed by atoms with Crippen LogP contribution in [0.2, 0.25) is 0 Å². The van der Waals surface area contributed by atoms with E-state index in [-0.39, 0.29) is 11.8 Å². The smallest absolute Gasteiger partial charge is 0.266 e. The molecule has 1 saturated carbocycles. The molecule has 0 bridgehead atoms. The van der Waals surface area contributed by atoms with Crippen LogP contribution in [0.4, 0.5) is 0 Å². The summed E-state index contributed by atoms with van der Waals surface area (Å²) < 4.78 is 3.64. The van der Waals surface area contributed by atoms with Gasteiger partial charge in [-0.05, 0) is 55.4 Å². The zero-order valence-electron chi connectivity index (χ0n) is 20.2. The predicted molar refractivity (Wildman–Crippen MR) is 151 cm³/mol. The molecular formula is C27H32BrN3O2S2. The molecule has 1 aliphatic carbocycles. The second-order valence-electron chi connectivity index (χ2n) is 10.2. The van der Waals surface area contributed by atoms with Gasteiger partial charge in [-0.2, -0.15) is 0 Å². The normalized spacial score (nSPS) is 21.3. The van der Waals surface area contributed by atoms with Crippen LogP contribution < -0.4 is 0 Å². The Morgan fingerprint density at radius 1 is 1.20 bits per heavy atom. The van der Waals surface area contributed by atoms with Crippen molar-refractivity contribution in [2.24, 2.45) is 11.8 Å². The molecule has 3 fully saturated rings. The third-order valence-corrected chi connectivity index (χ3v) is 9.58. The van der Waals surface area contributed by atoms with Crippen LogP contribution in [0.15, 0.2) is 33.8 Å². The lowest BCUT2D eigenvalue weighted by Crippen LogP contribution is -2.39. The molecule has 5 rings (SSSR count). The third kappa shape index (κ3) is 5.54. The molecule has 2 amide bonds. The van der Waals surface area contributed by atoms with Crippen molar-refractivity contribution in [1.82, 2.24) is 14.4 Å². The standard InChI is InChI=1S/C27H32BrN3O2S2/c1-18-8-11-29(12-9-18)25(32)17-30-16-20(22-15-21(28)6-7-23(22)30)14-24-26(33)31(27(34)35-24)13-10-19-4-2-3-5-19/h6-7,14-16,18-19H,2-5,8-13,17H2,1H3/b24-14-. The summed E-state index contributed by atoms with van der Waals surface area (Å²) in [5, 5.41) is 1.02. The van der Waals surface area contributed by atoms with Crippen LogP contribution in [0.5, 0.6) is 0 Å². The van der Waals surface area contributed by atoms with Crippen LogP contribution in [0.3, 0.4) is 0 Å². The van der Waals surface area contributed by atoms with Gasteiger partial charge in [-0.25, -0.2) is 0 Å². The number of halogens is 1. The molecule has 2 aromatic rings. The van der Waals surface area contributed by atoms with Crippen molar-refractivity contribution in [3.63, 3.8) is 0 Å². The lowest BCUT2D eigenvalue weighted by Gasteiger charge is -2.30. The largest absolute Gasteiger partial charge is 0.341 e. The summed E-state index contributed by atoms with van der Waals surface area (Å²) in [6.45, 7) is 4.94. The summed E-state index contributed by atoms with van der Waals surface area (Å²) in [6.07, 6.45) is 12.3. The maximum atomic E-state index is 13.2. The zero-order chi connectivity index (χ0) is 24.5. The second kappa shape index (κ2) is 10.8. The maximum absolute atomic E-state index is 13.2.